The lowest BCUT2D eigenvalue weighted by molar-refractivity contribution is 0.0922. The van der Waals surface area contributed by atoms with Crippen molar-refractivity contribution in [2.45, 2.75) is 104 Å². The highest BCUT2D eigenvalue weighted by atomic mass is 16.1. The first-order valence-corrected chi connectivity index (χ1v) is 10.6. The van der Waals surface area contributed by atoms with Gasteiger partial charge in [-0.3, -0.25) is 4.79 Å². The fraction of sp³-hybridized carbons (Fsp3) is 0.696. The van der Waals surface area contributed by atoms with Gasteiger partial charge in [0.15, 0.2) is 12.5 Å². The average Bonchev–Trinajstić information content (AvgIpc) is 2.63. The monoisotopic (exact) mass is 342 g/mol. The van der Waals surface area contributed by atoms with E-state index in [4.69, 9.17) is 0 Å². The zero-order valence-corrected chi connectivity index (χ0v) is 17.5. The van der Waals surface area contributed by atoms with E-state index in [2.05, 4.69) is 65.7 Å². The summed E-state index contributed by atoms with van der Waals surface area (Å²) in [6.07, 6.45) is 9.24. The van der Waals surface area contributed by atoms with Crippen LogP contribution in [-0.2, 0) is 0 Å². The van der Waals surface area contributed by atoms with Crippen LogP contribution >= 0.6 is 0 Å². The summed E-state index contributed by atoms with van der Waals surface area (Å²) in [6, 6.07) is 8.52. The Bertz CT molecular complexity index is 501. The van der Waals surface area contributed by atoms with Gasteiger partial charge in [0.2, 0.25) is 0 Å². The van der Waals surface area contributed by atoms with Gasteiger partial charge in [0.05, 0.1) is 0 Å². The molecule has 0 bridgehead atoms. The van der Waals surface area contributed by atoms with Crippen molar-refractivity contribution >= 4 is 12.5 Å². The molecule has 0 fully saturated rings. The van der Waals surface area contributed by atoms with Crippen LogP contribution in [0.4, 0.5) is 0 Å². The van der Waals surface area contributed by atoms with Crippen molar-refractivity contribution in [1.82, 2.24) is 0 Å². The predicted molar refractivity (Wildman–Crippen MR) is 113 cm³/mol. The molecule has 0 radical (unpaired) electrons. The number of carbonyl (C=O) groups excluding carboxylic acids is 1. The number of benzene rings is 1. The molecule has 1 aromatic rings. The molecule has 0 spiro atoms. The number of hydrogen-bond donors (Lipinski definition) is 0. The van der Waals surface area contributed by atoms with E-state index in [-0.39, 0.29) is 5.31 Å². The van der Waals surface area contributed by atoms with Crippen LogP contribution in [0.5, 0.6) is 0 Å². The molecule has 2 heteroatoms. The first-order valence-electron chi connectivity index (χ1n) is 10.6. The van der Waals surface area contributed by atoms with E-state index in [1.807, 2.05) is 0 Å². The molecule has 0 saturated carbocycles. The summed E-state index contributed by atoms with van der Waals surface area (Å²) in [4.78, 5) is 13.3. The first-order chi connectivity index (χ1) is 12.0. The highest BCUT2D eigenvalue weighted by molar-refractivity contribution is 6.66. The van der Waals surface area contributed by atoms with Gasteiger partial charge >= 0.3 is 0 Å². The zero-order chi connectivity index (χ0) is 18.9. The maximum absolute atomic E-state index is 13.3. The van der Waals surface area contributed by atoms with Crippen molar-refractivity contribution in [2.24, 2.45) is 0 Å². The summed E-state index contributed by atoms with van der Waals surface area (Å²) in [7, 11) is 0. The van der Waals surface area contributed by atoms with Gasteiger partial charge in [-0.05, 0) is 30.7 Å². The van der Waals surface area contributed by atoms with Crippen LogP contribution < -0.4 is 0 Å². The van der Waals surface area contributed by atoms with Crippen LogP contribution in [0.15, 0.2) is 24.3 Å². The zero-order valence-electron chi connectivity index (χ0n) is 17.5. The molecule has 0 aliphatic carbocycles. The third-order valence-corrected chi connectivity index (χ3v) is 6.36. The van der Waals surface area contributed by atoms with Crippen LogP contribution in [0.25, 0.3) is 0 Å². The minimum atomic E-state index is -0.204. The maximum Gasteiger partial charge on any atom is 0.161 e. The molecule has 1 nitrogen and oxygen atoms in total. The summed E-state index contributed by atoms with van der Waals surface area (Å²) in [5.41, 5.74) is 2.27. The van der Waals surface area contributed by atoms with Crippen LogP contribution in [0.3, 0.4) is 0 Å². The summed E-state index contributed by atoms with van der Waals surface area (Å²) >= 11 is 0. The normalized spacial score (nSPS) is 12.9. The minimum Gasteiger partial charge on any atom is -0.294 e. The van der Waals surface area contributed by atoms with Crippen molar-refractivity contribution in [3.63, 3.8) is 0 Å². The van der Waals surface area contributed by atoms with Crippen molar-refractivity contribution in [1.29, 1.82) is 0 Å². The Morgan fingerprint density at radius 2 is 1.60 bits per heavy atom. The van der Waals surface area contributed by atoms with E-state index in [1.54, 1.807) is 0 Å². The number of rotatable bonds is 12. The fourth-order valence-electron chi connectivity index (χ4n) is 4.32. The molecule has 1 unspecified atom stereocenters. The van der Waals surface area contributed by atoms with Gasteiger partial charge in [0, 0.05) is 10.9 Å². The second-order valence-corrected chi connectivity index (χ2v) is 7.90. The molecule has 0 aromatic heterocycles. The molecule has 0 saturated heterocycles. The summed E-state index contributed by atoms with van der Waals surface area (Å²) in [5, 5.41) is -0.204. The first kappa shape index (κ1) is 22.0. The summed E-state index contributed by atoms with van der Waals surface area (Å²) in [5.74, 6) is 0.931. The van der Waals surface area contributed by atoms with Crippen molar-refractivity contribution in [2.75, 3.05) is 0 Å². The molecule has 25 heavy (non-hydrogen) atoms. The van der Waals surface area contributed by atoms with Crippen LogP contribution in [0.2, 0.25) is 18.5 Å². The Kier molecular flexibility index (Phi) is 9.53. The van der Waals surface area contributed by atoms with Gasteiger partial charge in [-0.2, -0.15) is 0 Å². The molecule has 0 aliphatic rings. The van der Waals surface area contributed by atoms with Gasteiger partial charge in [-0.1, -0.05) is 97.7 Å². The number of unbranched alkanes of at least 4 members (excludes halogenated alkanes) is 2. The van der Waals surface area contributed by atoms with Crippen molar-refractivity contribution < 1.29 is 4.79 Å². The second kappa shape index (κ2) is 10.8. The average molecular weight is 342 g/mol. The third-order valence-electron chi connectivity index (χ3n) is 6.36. The van der Waals surface area contributed by atoms with E-state index < -0.39 is 0 Å². The van der Waals surface area contributed by atoms with E-state index in [0.29, 0.717) is 18.4 Å². The van der Waals surface area contributed by atoms with Gasteiger partial charge in [-0.15, -0.1) is 0 Å². The topological polar surface area (TPSA) is 17.1 Å². The molecule has 0 heterocycles. The van der Waals surface area contributed by atoms with Gasteiger partial charge < -0.3 is 0 Å². The molecule has 140 valence electrons. The number of hydrogen-bond acceptors (Lipinski definition) is 1. The van der Waals surface area contributed by atoms with Crippen LogP contribution in [-0.4, -0.2) is 12.5 Å². The maximum atomic E-state index is 13.3. The fourth-order valence-corrected chi connectivity index (χ4v) is 4.32. The Hall–Kier alpha value is -1.05. The molecule has 0 amide bonds. The molecule has 1 rings (SSSR count). The molecule has 0 aliphatic heterocycles. The Morgan fingerprint density at radius 3 is 2.08 bits per heavy atom. The van der Waals surface area contributed by atoms with E-state index in [1.165, 1.54) is 31.2 Å². The number of ketones is 1. The molecule has 1 atom stereocenters. The SMILES string of the molecule is CCCCCC(C)c1ccc(C(=O)C(CC)(CC)B(C)CCC)cc1. The lowest BCUT2D eigenvalue weighted by Crippen LogP contribution is -2.36. The highest BCUT2D eigenvalue weighted by Crippen LogP contribution is 2.43. The van der Waals surface area contributed by atoms with Crippen LogP contribution in [0, 0.1) is 0 Å². The predicted octanol–water partition coefficient (Wildman–Crippen LogP) is 7.65. The van der Waals surface area contributed by atoms with Crippen LogP contribution in [0.1, 0.15) is 101 Å². The van der Waals surface area contributed by atoms with Crippen molar-refractivity contribution in [3.05, 3.63) is 35.4 Å². The largest absolute Gasteiger partial charge is 0.294 e. The highest BCUT2D eigenvalue weighted by Gasteiger charge is 2.41. The standard InChI is InChI=1S/C23H39BO/c1-7-11-12-13-19(5)20-14-16-21(17-15-20)22(25)23(9-3,10-4)24(6)18-8-2/h14-17,19H,7-13,18H2,1-6H3. The molecular formula is C23H39BO. The summed E-state index contributed by atoms with van der Waals surface area (Å²) in [6.45, 7) is 13.8. The molecule has 0 N–H and O–H groups in total. The second-order valence-electron chi connectivity index (χ2n) is 7.90. The van der Waals surface area contributed by atoms with Gasteiger partial charge in [-0.25, -0.2) is 0 Å². The lowest BCUT2D eigenvalue weighted by atomic mass is 9.30. The molecule has 1 aromatic carbocycles. The third kappa shape index (κ3) is 5.46. The summed E-state index contributed by atoms with van der Waals surface area (Å²) < 4.78 is 0. The molecular weight excluding hydrogens is 303 g/mol. The number of Topliss-reactive ketones (excluding diaryl/α,β-unsaturated/α-hetero) is 1. The van der Waals surface area contributed by atoms with E-state index >= 15 is 0 Å². The quantitative estimate of drug-likeness (QED) is 0.216. The van der Waals surface area contributed by atoms with Gasteiger partial charge in [0.1, 0.15) is 0 Å². The number of carbonyl (C=O) groups is 1. The Balaban J connectivity index is 2.93. The van der Waals surface area contributed by atoms with E-state index in [0.717, 1.165) is 31.1 Å². The van der Waals surface area contributed by atoms with Gasteiger partial charge in [0.25, 0.3) is 0 Å². The Labute approximate surface area is 157 Å². The Morgan fingerprint density at radius 1 is 1.00 bits per heavy atom. The van der Waals surface area contributed by atoms with Crippen molar-refractivity contribution in [3.8, 4) is 0 Å². The minimum absolute atomic E-state index is 0.204. The van der Waals surface area contributed by atoms with E-state index in [9.17, 15) is 4.79 Å². The lowest BCUT2D eigenvalue weighted by Gasteiger charge is -2.35. The smallest absolute Gasteiger partial charge is 0.161 e.